The topological polar surface area (TPSA) is 93.5 Å². The molecule has 0 unspecified atom stereocenters. The van der Waals surface area contributed by atoms with Crippen molar-refractivity contribution in [1.29, 1.82) is 0 Å². The Morgan fingerprint density at radius 3 is 2.13 bits per heavy atom. The number of carboxylic acids is 2. The van der Waals surface area contributed by atoms with Gasteiger partial charge in [-0.3, -0.25) is 9.80 Å². The number of aliphatic carboxylic acids is 2. The maximum Gasteiger partial charge on any atom is 0.414 e. The van der Waals surface area contributed by atoms with Crippen LogP contribution in [0.2, 0.25) is 0 Å². The van der Waals surface area contributed by atoms with Crippen molar-refractivity contribution in [2.24, 2.45) is 0 Å². The Bertz CT molecular complexity index is 690. The highest BCUT2D eigenvalue weighted by molar-refractivity contribution is 9.10. The van der Waals surface area contributed by atoms with Crippen molar-refractivity contribution in [3.63, 3.8) is 0 Å². The summed E-state index contributed by atoms with van der Waals surface area (Å²) < 4.78 is 6.65. The second-order valence-electron chi connectivity index (χ2n) is 7.54. The zero-order chi connectivity index (χ0) is 22.1. The van der Waals surface area contributed by atoms with Gasteiger partial charge in [-0.05, 0) is 50.7 Å². The molecule has 0 aliphatic carbocycles. The van der Waals surface area contributed by atoms with Crippen LogP contribution < -0.4 is 4.74 Å². The van der Waals surface area contributed by atoms with Crippen LogP contribution in [0.15, 0.2) is 22.7 Å². The van der Waals surface area contributed by atoms with Crippen LogP contribution in [0.1, 0.15) is 25.3 Å². The van der Waals surface area contributed by atoms with Crippen molar-refractivity contribution in [3.05, 3.63) is 28.2 Å². The molecule has 2 N–H and O–H groups in total. The number of piperidine rings is 1. The molecule has 2 saturated heterocycles. The summed E-state index contributed by atoms with van der Waals surface area (Å²) in [4.78, 5) is 26.1. The first kappa shape index (κ1) is 24.6. The number of piperazine rings is 1. The molecule has 0 bridgehead atoms. The normalized spacial score (nSPS) is 19.0. The molecule has 2 aliphatic heterocycles. The summed E-state index contributed by atoms with van der Waals surface area (Å²) in [6, 6.07) is 7.07. The molecule has 0 aromatic heterocycles. The van der Waals surface area contributed by atoms with Crippen molar-refractivity contribution in [2.45, 2.75) is 32.4 Å². The SMILES string of the molecule is CCN1CCN(C2CCN(Cc3cc(Br)ccc3OC)CC2)CC1.O=C(O)C(=O)O. The molecule has 30 heavy (non-hydrogen) atoms. The van der Waals surface area contributed by atoms with Gasteiger partial charge in [-0.2, -0.15) is 0 Å². The van der Waals surface area contributed by atoms with E-state index in [2.05, 4.69) is 49.7 Å². The number of rotatable bonds is 5. The summed E-state index contributed by atoms with van der Waals surface area (Å²) >= 11 is 3.58. The van der Waals surface area contributed by atoms with Gasteiger partial charge in [0, 0.05) is 48.8 Å². The number of carbonyl (C=O) groups is 2. The van der Waals surface area contributed by atoms with Gasteiger partial charge in [0.25, 0.3) is 0 Å². The maximum absolute atomic E-state index is 9.10. The van der Waals surface area contributed by atoms with Crippen LogP contribution in [0.5, 0.6) is 5.75 Å². The lowest BCUT2D eigenvalue weighted by molar-refractivity contribution is -0.159. The molecule has 0 atom stereocenters. The minimum atomic E-state index is -1.82. The standard InChI is InChI=1S/C19H30BrN3O.C2H2O4/c1-3-21-10-12-23(13-11-21)18-6-8-22(9-7-18)15-16-14-17(20)4-5-19(16)24-2;3-1(4)2(5)6/h4-5,14,18H,3,6-13,15H2,1-2H3;(H,3,4)(H,5,6). The van der Waals surface area contributed by atoms with E-state index in [0.717, 1.165) is 22.8 Å². The van der Waals surface area contributed by atoms with Crippen LogP contribution in [-0.2, 0) is 16.1 Å². The first-order chi connectivity index (χ1) is 14.3. The molecule has 0 radical (unpaired) electrons. The van der Waals surface area contributed by atoms with E-state index in [9.17, 15) is 0 Å². The number of nitrogens with zero attached hydrogens (tertiary/aromatic N) is 3. The molecule has 2 fully saturated rings. The third kappa shape index (κ3) is 7.54. The highest BCUT2D eigenvalue weighted by Crippen LogP contribution is 2.26. The summed E-state index contributed by atoms with van der Waals surface area (Å²) in [6.45, 7) is 11.8. The zero-order valence-corrected chi connectivity index (χ0v) is 19.3. The van der Waals surface area contributed by atoms with Crippen molar-refractivity contribution in [1.82, 2.24) is 14.7 Å². The largest absolute Gasteiger partial charge is 0.496 e. The van der Waals surface area contributed by atoms with E-state index < -0.39 is 11.9 Å². The van der Waals surface area contributed by atoms with Gasteiger partial charge in [-0.1, -0.05) is 22.9 Å². The lowest BCUT2D eigenvalue weighted by Gasteiger charge is -2.42. The predicted molar refractivity (Wildman–Crippen MR) is 118 cm³/mol. The van der Waals surface area contributed by atoms with Crippen LogP contribution in [0.25, 0.3) is 0 Å². The second-order valence-corrected chi connectivity index (χ2v) is 8.46. The Hall–Kier alpha value is -1.68. The fraction of sp³-hybridized carbons (Fsp3) is 0.619. The minimum Gasteiger partial charge on any atom is -0.496 e. The Kier molecular flexibility index (Phi) is 10.0. The van der Waals surface area contributed by atoms with Crippen LogP contribution in [0.3, 0.4) is 0 Å². The molecule has 0 amide bonds. The molecular weight excluding hydrogens is 454 g/mol. The van der Waals surface area contributed by atoms with E-state index in [1.165, 1.54) is 64.2 Å². The number of likely N-dealkylation sites (tertiary alicyclic amines) is 1. The smallest absolute Gasteiger partial charge is 0.414 e. The molecule has 8 nitrogen and oxygen atoms in total. The molecular formula is C21H32BrN3O5. The van der Waals surface area contributed by atoms with E-state index in [-0.39, 0.29) is 0 Å². The number of ether oxygens (including phenoxy) is 1. The molecule has 2 aliphatic rings. The van der Waals surface area contributed by atoms with E-state index in [1.54, 1.807) is 7.11 Å². The summed E-state index contributed by atoms with van der Waals surface area (Å²) in [6.07, 6.45) is 2.59. The van der Waals surface area contributed by atoms with Gasteiger partial charge in [-0.25, -0.2) is 9.59 Å². The van der Waals surface area contributed by atoms with Gasteiger partial charge < -0.3 is 19.8 Å². The highest BCUT2D eigenvalue weighted by atomic mass is 79.9. The molecule has 168 valence electrons. The number of carboxylic acid groups (broad SMARTS) is 2. The van der Waals surface area contributed by atoms with Gasteiger partial charge in [0.2, 0.25) is 0 Å². The number of hydrogen-bond acceptors (Lipinski definition) is 6. The van der Waals surface area contributed by atoms with Crippen LogP contribution >= 0.6 is 15.9 Å². The number of likely N-dealkylation sites (N-methyl/N-ethyl adjacent to an activating group) is 1. The lowest BCUT2D eigenvalue weighted by Crippen LogP contribution is -2.53. The van der Waals surface area contributed by atoms with Crippen molar-refractivity contribution in [2.75, 3.05) is 52.9 Å². The molecule has 1 aromatic rings. The van der Waals surface area contributed by atoms with E-state index in [1.807, 2.05) is 6.07 Å². The quantitative estimate of drug-likeness (QED) is 0.613. The predicted octanol–water partition coefficient (Wildman–Crippen LogP) is 2.22. The first-order valence-corrected chi connectivity index (χ1v) is 11.1. The van der Waals surface area contributed by atoms with Crippen LogP contribution in [0, 0.1) is 0 Å². The van der Waals surface area contributed by atoms with Crippen molar-refractivity contribution < 1.29 is 24.5 Å². The molecule has 2 heterocycles. The highest BCUT2D eigenvalue weighted by Gasteiger charge is 2.27. The van der Waals surface area contributed by atoms with Crippen LogP contribution in [0.4, 0.5) is 0 Å². The van der Waals surface area contributed by atoms with Gasteiger partial charge in [0.15, 0.2) is 0 Å². The van der Waals surface area contributed by atoms with E-state index >= 15 is 0 Å². The third-order valence-corrected chi connectivity index (χ3v) is 6.24. The Labute approximate surface area is 186 Å². The van der Waals surface area contributed by atoms with E-state index in [4.69, 9.17) is 24.5 Å². The fourth-order valence-electron chi connectivity index (χ4n) is 4.00. The number of benzene rings is 1. The average molecular weight is 486 g/mol. The Morgan fingerprint density at radius 1 is 1.03 bits per heavy atom. The second kappa shape index (κ2) is 12.2. The van der Waals surface area contributed by atoms with Crippen molar-refractivity contribution in [3.8, 4) is 5.75 Å². The molecule has 9 heteroatoms. The molecule has 1 aromatic carbocycles. The monoisotopic (exact) mass is 485 g/mol. The summed E-state index contributed by atoms with van der Waals surface area (Å²) in [5, 5.41) is 14.8. The Morgan fingerprint density at radius 2 is 1.63 bits per heavy atom. The first-order valence-electron chi connectivity index (χ1n) is 10.3. The maximum atomic E-state index is 9.10. The van der Waals surface area contributed by atoms with Crippen molar-refractivity contribution >= 4 is 27.9 Å². The van der Waals surface area contributed by atoms with Crippen LogP contribution in [-0.4, -0.2) is 95.8 Å². The molecule has 0 spiro atoms. The number of methoxy groups -OCH3 is 1. The van der Waals surface area contributed by atoms with Gasteiger partial charge in [0.05, 0.1) is 7.11 Å². The molecule has 0 saturated carbocycles. The minimum absolute atomic E-state index is 0.782. The summed E-state index contributed by atoms with van der Waals surface area (Å²) in [7, 11) is 1.76. The molecule has 3 rings (SSSR count). The van der Waals surface area contributed by atoms with Gasteiger partial charge in [0.1, 0.15) is 5.75 Å². The summed E-state index contributed by atoms with van der Waals surface area (Å²) in [5.41, 5.74) is 1.28. The fourth-order valence-corrected chi connectivity index (χ4v) is 4.41. The van der Waals surface area contributed by atoms with Gasteiger partial charge >= 0.3 is 11.9 Å². The van der Waals surface area contributed by atoms with E-state index in [0.29, 0.717) is 0 Å². The average Bonchev–Trinajstić information content (AvgIpc) is 2.75. The third-order valence-electron chi connectivity index (χ3n) is 5.75. The zero-order valence-electron chi connectivity index (χ0n) is 17.7. The Balaban J connectivity index is 0.000000469. The lowest BCUT2D eigenvalue weighted by atomic mass is 10.0. The number of halogens is 1. The number of hydrogen-bond donors (Lipinski definition) is 2. The van der Waals surface area contributed by atoms with Gasteiger partial charge in [-0.15, -0.1) is 0 Å². The summed E-state index contributed by atoms with van der Waals surface area (Å²) in [5.74, 6) is -2.65.